The van der Waals surface area contributed by atoms with E-state index in [4.69, 9.17) is 0 Å². The van der Waals surface area contributed by atoms with Crippen LogP contribution in [-0.4, -0.2) is 46.4 Å². The van der Waals surface area contributed by atoms with E-state index in [0.29, 0.717) is 13.0 Å². The predicted octanol–water partition coefficient (Wildman–Crippen LogP) is 1.64. The molecular weight excluding hydrogens is 284 g/mol. The summed E-state index contributed by atoms with van der Waals surface area (Å²) in [6.07, 6.45) is 2.29. The fourth-order valence-electron chi connectivity index (χ4n) is 2.97. The second kappa shape index (κ2) is 8.15. The second-order valence-corrected chi connectivity index (χ2v) is 6.45. The molecule has 2 amide bonds. The minimum atomic E-state index is -1.02. The first-order valence-corrected chi connectivity index (χ1v) is 8.12. The smallest absolute Gasteiger partial charge is 0.326 e. The normalized spacial score (nSPS) is 19.8. The van der Waals surface area contributed by atoms with E-state index in [-0.39, 0.29) is 30.2 Å². The number of nitrogens with one attached hydrogen (secondary N) is 1. The van der Waals surface area contributed by atoms with Crippen LogP contribution in [0.2, 0.25) is 0 Å². The Morgan fingerprint density at radius 2 is 1.91 bits per heavy atom. The van der Waals surface area contributed by atoms with Crippen molar-refractivity contribution < 1.29 is 19.5 Å². The highest BCUT2D eigenvalue weighted by molar-refractivity contribution is 5.91. The van der Waals surface area contributed by atoms with Crippen molar-refractivity contribution in [1.82, 2.24) is 10.2 Å². The molecule has 0 aromatic heterocycles. The van der Waals surface area contributed by atoms with Crippen LogP contribution in [0.25, 0.3) is 0 Å². The molecule has 1 unspecified atom stereocenters. The Kier molecular flexibility index (Phi) is 6.84. The van der Waals surface area contributed by atoms with Gasteiger partial charge in [-0.15, -0.1) is 0 Å². The lowest BCUT2D eigenvalue weighted by atomic mass is 10.0. The number of hydrogen-bond acceptors (Lipinski definition) is 3. The number of likely N-dealkylation sites (tertiary alicyclic amines) is 1. The van der Waals surface area contributed by atoms with Crippen LogP contribution >= 0.6 is 0 Å². The number of amides is 2. The summed E-state index contributed by atoms with van der Waals surface area (Å²) in [5.41, 5.74) is 0. The number of hydrogen-bond donors (Lipinski definition) is 2. The van der Waals surface area contributed by atoms with Gasteiger partial charge in [0, 0.05) is 19.0 Å². The third-order valence-corrected chi connectivity index (χ3v) is 4.23. The molecule has 2 N–H and O–H groups in total. The third-order valence-electron chi connectivity index (χ3n) is 4.23. The first-order valence-electron chi connectivity index (χ1n) is 8.12. The van der Waals surface area contributed by atoms with Gasteiger partial charge in [0.05, 0.1) is 5.92 Å². The Balaban J connectivity index is 2.66. The Hall–Kier alpha value is -1.59. The van der Waals surface area contributed by atoms with Crippen LogP contribution in [0.3, 0.4) is 0 Å². The van der Waals surface area contributed by atoms with E-state index < -0.39 is 17.9 Å². The second-order valence-electron chi connectivity index (χ2n) is 6.45. The summed E-state index contributed by atoms with van der Waals surface area (Å²) >= 11 is 0. The van der Waals surface area contributed by atoms with E-state index >= 15 is 0 Å². The summed E-state index contributed by atoms with van der Waals surface area (Å²) in [5.74, 6) is -1.63. The van der Waals surface area contributed by atoms with E-state index in [2.05, 4.69) is 5.32 Å². The van der Waals surface area contributed by atoms with Crippen molar-refractivity contribution in [3.63, 3.8) is 0 Å². The van der Waals surface area contributed by atoms with Crippen molar-refractivity contribution in [1.29, 1.82) is 0 Å². The lowest BCUT2D eigenvalue weighted by Gasteiger charge is -2.26. The van der Waals surface area contributed by atoms with Crippen LogP contribution in [0.4, 0.5) is 0 Å². The Bertz CT molecular complexity index is 418. The molecular formula is C16H28N2O4. The van der Waals surface area contributed by atoms with E-state index in [1.54, 1.807) is 4.90 Å². The van der Waals surface area contributed by atoms with Gasteiger partial charge in [0.25, 0.3) is 0 Å². The number of rotatable bonds is 8. The molecule has 1 rings (SSSR count). The largest absolute Gasteiger partial charge is 0.480 e. The zero-order valence-electron chi connectivity index (χ0n) is 14.0. The fraction of sp³-hybridized carbons (Fsp3) is 0.812. The fourth-order valence-corrected chi connectivity index (χ4v) is 2.97. The summed E-state index contributed by atoms with van der Waals surface area (Å²) in [7, 11) is 0. The zero-order valence-corrected chi connectivity index (χ0v) is 14.0. The number of carboxylic acid groups (broad SMARTS) is 1. The summed E-state index contributed by atoms with van der Waals surface area (Å²) in [4.78, 5) is 37.3. The van der Waals surface area contributed by atoms with Crippen LogP contribution in [0, 0.1) is 11.8 Å². The highest BCUT2D eigenvalue weighted by atomic mass is 16.4. The first kappa shape index (κ1) is 18.5. The topological polar surface area (TPSA) is 86.7 Å². The molecule has 0 radical (unpaired) electrons. The number of nitrogens with zero attached hydrogens (tertiary/aromatic N) is 1. The van der Waals surface area contributed by atoms with Crippen molar-refractivity contribution in [3.8, 4) is 0 Å². The number of carboxylic acids is 1. The van der Waals surface area contributed by atoms with Crippen molar-refractivity contribution in [3.05, 3.63) is 0 Å². The standard InChI is InChI=1S/C16H28N2O4/c1-5-12(6-2)18-9-11(8-14(18)19)15(20)17-13(16(21)22)7-10(3)4/h10-13H,5-9H2,1-4H3,(H,17,20)(H,21,22)/t11?,13-/m1/s1. The van der Waals surface area contributed by atoms with Gasteiger partial charge >= 0.3 is 5.97 Å². The molecule has 6 heteroatoms. The summed E-state index contributed by atoms with van der Waals surface area (Å²) in [6.45, 7) is 8.27. The van der Waals surface area contributed by atoms with E-state index in [9.17, 15) is 19.5 Å². The van der Waals surface area contributed by atoms with E-state index in [1.165, 1.54) is 0 Å². The molecule has 1 saturated heterocycles. The van der Waals surface area contributed by atoms with Crippen molar-refractivity contribution in [2.45, 2.75) is 65.5 Å². The zero-order chi connectivity index (χ0) is 16.9. The molecule has 1 fully saturated rings. The van der Waals surface area contributed by atoms with Crippen molar-refractivity contribution in [2.75, 3.05) is 6.54 Å². The summed E-state index contributed by atoms with van der Waals surface area (Å²) in [5, 5.41) is 11.8. The number of aliphatic carboxylic acids is 1. The van der Waals surface area contributed by atoms with Crippen LogP contribution in [-0.2, 0) is 14.4 Å². The van der Waals surface area contributed by atoms with Gasteiger partial charge in [-0.2, -0.15) is 0 Å². The van der Waals surface area contributed by atoms with Gasteiger partial charge in [-0.1, -0.05) is 27.7 Å². The predicted molar refractivity (Wildman–Crippen MR) is 83.2 cm³/mol. The molecule has 0 spiro atoms. The monoisotopic (exact) mass is 312 g/mol. The molecule has 22 heavy (non-hydrogen) atoms. The third kappa shape index (κ3) is 4.71. The average molecular weight is 312 g/mol. The average Bonchev–Trinajstić information content (AvgIpc) is 2.81. The quantitative estimate of drug-likeness (QED) is 0.713. The van der Waals surface area contributed by atoms with Gasteiger partial charge in [0.2, 0.25) is 11.8 Å². The minimum Gasteiger partial charge on any atom is -0.480 e. The molecule has 2 atom stereocenters. The molecule has 0 aromatic carbocycles. The van der Waals surface area contributed by atoms with Crippen LogP contribution in [0.1, 0.15) is 53.4 Å². The van der Waals surface area contributed by atoms with Crippen LogP contribution < -0.4 is 5.32 Å². The highest BCUT2D eigenvalue weighted by Gasteiger charge is 2.38. The molecule has 0 aliphatic carbocycles. The molecule has 1 aliphatic rings. The number of carbonyl (C=O) groups excluding carboxylic acids is 2. The maximum Gasteiger partial charge on any atom is 0.326 e. The first-order chi connectivity index (χ1) is 10.3. The van der Waals surface area contributed by atoms with Gasteiger partial charge in [-0.25, -0.2) is 4.79 Å². The SMILES string of the molecule is CCC(CC)N1CC(C(=O)N[C@H](CC(C)C)C(=O)O)CC1=O. The van der Waals surface area contributed by atoms with Gasteiger partial charge in [-0.3, -0.25) is 9.59 Å². The molecule has 0 bridgehead atoms. The number of carbonyl (C=O) groups is 3. The van der Waals surface area contributed by atoms with Gasteiger partial charge in [0.15, 0.2) is 0 Å². The molecule has 126 valence electrons. The van der Waals surface area contributed by atoms with Gasteiger partial charge in [0.1, 0.15) is 6.04 Å². The van der Waals surface area contributed by atoms with E-state index in [1.807, 2.05) is 27.7 Å². The lowest BCUT2D eigenvalue weighted by molar-refractivity contribution is -0.142. The van der Waals surface area contributed by atoms with Crippen LogP contribution in [0.15, 0.2) is 0 Å². The molecule has 0 saturated carbocycles. The molecule has 6 nitrogen and oxygen atoms in total. The maximum atomic E-state index is 12.3. The Morgan fingerprint density at radius 1 is 1.32 bits per heavy atom. The summed E-state index contributed by atoms with van der Waals surface area (Å²) in [6, 6.07) is -0.721. The highest BCUT2D eigenvalue weighted by Crippen LogP contribution is 2.23. The Labute approximate surface area is 132 Å². The van der Waals surface area contributed by atoms with Crippen molar-refractivity contribution >= 4 is 17.8 Å². The lowest BCUT2D eigenvalue weighted by Crippen LogP contribution is -2.45. The van der Waals surface area contributed by atoms with Crippen molar-refractivity contribution in [2.24, 2.45) is 11.8 Å². The molecule has 1 aliphatic heterocycles. The van der Waals surface area contributed by atoms with Crippen LogP contribution in [0.5, 0.6) is 0 Å². The minimum absolute atomic E-state index is 0.00964. The maximum absolute atomic E-state index is 12.3. The van der Waals surface area contributed by atoms with Gasteiger partial charge < -0.3 is 15.3 Å². The van der Waals surface area contributed by atoms with Gasteiger partial charge in [-0.05, 0) is 25.2 Å². The summed E-state index contributed by atoms with van der Waals surface area (Å²) < 4.78 is 0. The molecule has 0 aromatic rings. The van der Waals surface area contributed by atoms with E-state index in [0.717, 1.165) is 12.8 Å². The Morgan fingerprint density at radius 3 is 2.36 bits per heavy atom. The molecule has 1 heterocycles.